The van der Waals surface area contributed by atoms with Gasteiger partial charge in [-0.2, -0.15) is 4.98 Å². The predicted octanol–water partition coefficient (Wildman–Crippen LogP) is 4.62. The molecule has 4 aromatic rings. The molecule has 3 aromatic carbocycles. The highest BCUT2D eigenvalue weighted by atomic mass is 32.2. The van der Waals surface area contributed by atoms with Crippen molar-refractivity contribution in [2.24, 2.45) is 5.41 Å². The van der Waals surface area contributed by atoms with Gasteiger partial charge in [0.15, 0.2) is 0 Å². The number of carbonyl (C=O) groups excluding carboxylic acids is 1. The molecule has 0 bridgehead atoms. The van der Waals surface area contributed by atoms with Crippen molar-refractivity contribution in [2.75, 3.05) is 50.0 Å². The summed E-state index contributed by atoms with van der Waals surface area (Å²) in [5, 5.41) is 2.35. The van der Waals surface area contributed by atoms with Crippen LogP contribution in [-0.2, 0) is 16.1 Å². The fourth-order valence-electron chi connectivity index (χ4n) is 6.30. The quantitative estimate of drug-likeness (QED) is 0.343. The van der Waals surface area contributed by atoms with Crippen LogP contribution in [0.15, 0.2) is 64.8 Å². The fourth-order valence-corrected chi connectivity index (χ4v) is 7.79. The smallest absolute Gasteiger partial charge is 0.350 e. The topological polar surface area (TPSA) is 67.7 Å². The zero-order chi connectivity index (χ0) is 27.6. The molecule has 0 saturated carbocycles. The standard InChI is InChI=1S/C31H29FN4O3S/c1-3-25(37)34-10-12-35(13-11-34)29-23-14-19(2)26(22-8-9-24(32)21-7-5-4-6-20(21)22)28-27(23)36(30(38)33-29)15-31(18-40-28)16-39-17-31/h3-9,14H,1,10-13,15-18H2,2H3. The summed E-state index contributed by atoms with van der Waals surface area (Å²) in [5.41, 5.74) is 3.49. The molecule has 2 fully saturated rings. The average Bonchev–Trinajstić information content (AvgIpc) is 3.14. The maximum Gasteiger partial charge on any atom is 0.350 e. The number of ether oxygens (including phenoxy) is 1. The molecule has 7 rings (SSSR count). The number of thioether (sulfide) groups is 1. The van der Waals surface area contributed by atoms with Crippen LogP contribution in [0.1, 0.15) is 5.56 Å². The first-order valence-corrected chi connectivity index (χ1v) is 14.5. The van der Waals surface area contributed by atoms with Gasteiger partial charge >= 0.3 is 5.69 Å². The molecule has 0 aliphatic carbocycles. The molecule has 7 nitrogen and oxygen atoms in total. The molecule has 1 spiro atoms. The van der Waals surface area contributed by atoms with E-state index in [1.165, 1.54) is 12.1 Å². The Balaban J connectivity index is 1.46. The van der Waals surface area contributed by atoms with Gasteiger partial charge in [0, 0.05) is 65.1 Å². The van der Waals surface area contributed by atoms with Crippen LogP contribution >= 0.6 is 11.8 Å². The van der Waals surface area contributed by atoms with Gasteiger partial charge in [-0.25, -0.2) is 9.18 Å². The average molecular weight is 557 g/mol. The monoisotopic (exact) mass is 556 g/mol. The van der Waals surface area contributed by atoms with E-state index in [2.05, 4.69) is 29.5 Å². The van der Waals surface area contributed by atoms with Gasteiger partial charge in [-0.3, -0.25) is 9.36 Å². The molecule has 0 N–H and O–H groups in total. The normalized spacial score (nSPS) is 18.1. The number of carbonyl (C=O) groups is 1. The molecule has 0 atom stereocenters. The van der Waals surface area contributed by atoms with Crippen LogP contribution in [0.3, 0.4) is 0 Å². The first kappa shape index (κ1) is 25.3. The largest absolute Gasteiger partial charge is 0.380 e. The third kappa shape index (κ3) is 3.86. The summed E-state index contributed by atoms with van der Waals surface area (Å²) in [6.45, 7) is 9.68. The fraction of sp³-hybridized carbons (Fsp3) is 0.323. The highest BCUT2D eigenvalue weighted by molar-refractivity contribution is 7.99. The van der Waals surface area contributed by atoms with E-state index in [1.807, 2.05) is 34.9 Å². The third-order valence-electron chi connectivity index (χ3n) is 8.43. The molecule has 40 heavy (non-hydrogen) atoms. The second-order valence-electron chi connectivity index (χ2n) is 11.0. The molecule has 0 radical (unpaired) electrons. The second kappa shape index (κ2) is 9.45. The van der Waals surface area contributed by atoms with E-state index in [4.69, 9.17) is 4.74 Å². The van der Waals surface area contributed by atoms with Gasteiger partial charge in [0.25, 0.3) is 0 Å². The van der Waals surface area contributed by atoms with E-state index in [1.54, 1.807) is 16.7 Å². The molecule has 0 unspecified atom stereocenters. The van der Waals surface area contributed by atoms with Gasteiger partial charge in [-0.15, -0.1) is 11.8 Å². The van der Waals surface area contributed by atoms with Crippen molar-refractivity contribution in [1.82, 2.24) is 14.5 Å². The van der Waals surface area contributed by atoms with E-state index in [0.29, 0.717) is 57.1 Å². The van der Waals surface area contributed by atoms with E-state index < -0.39 is 0 Å². The summed E-state index contributed by atoms with van der Waals surface area (Å²) in [6, 6.07) is 13.1. The number of hydrogen-bond acceptors (Lipinski definition) is 6. The molecule has 1 aromatic heterocycles. The summed E-state index contributed by atoms with van der Waals surface area (Å²) in [5.74, 6) is 1.14. The highest BCUT2D eigenvalue weighted by Gasteiger charge is 2.42. The maximum absolute atomic E-state index is 14.8. The van der Waals surface area contributed by atoms with Crippen LogP contribution in [0.2, 0.25) is 0 Å². The van der Waals surface area contributed by atoms with Crippen molar-refractivity contribution in [2.45, 2.75) is 18.4 Å². The Hall–Kier alpha value is -3.69. The lowest BCUT2D eigenvalue weighted by Gasteiger charge is -2.40. The zero-order valence-corrected chi connectivity index (χ0v) is 23.1. The lowest BCUT2D eigenvalue weighted by molar-refractivity contribution is -0.126. The van der Waals surface area contributed by atoms with Crippen molar-refractivity contribution in [3.8, 4) is 11.1 Å². The minimum Gasteiger partial charge on any atom is -0.380 e. The molecule has 204 valence electrons. The van der Waals surface area contributed by atoms with Crippen molar-refractivity contribution >= 4 is 45.2 Å². The number of nitrogens with zero attached hydrogens (tertiary/aromatic N) is 4. The number of halogens is 1. The summed E-state index contributed by atoms with van der Waals surface area (Å²) >= 11 is 1.76. The third-order valence-corrected chi connectivity index (χ3v) is 9.88. The number of rotatable bonds is 3. The van der Waals surface area contributed by atoms with Crippen LogP contribution in [0, 0.1) is 18.2 Å². The van der Waals surface area contributed by atoms with Gasteiger partial charge in [-0.05, 0) is 41.6 Å². The van der Waals surface area contributed by atoms with Crippen molar-refractivity contribution in [1.29, 1.82) is 0 Å². The molecule has 1 amide bonds. The molecular formula is C31H29FN4O3S. The Labute approximate surface area is 235 Å². The summed E-state index contributed by atoms with van der Waals surface area (Å²) in [7, 11) is 0. The molecule has 3 aliphatic heterocycles. The number of aromatic nitrogens is 2. The van der Waals surface area contributed by atoms with E-state index in [0.717, 1.165) is 43.6 Å². The summed E-state index contributed by atoms with van der Waals surface area (Å²) in [4.78, 5) is 35.5. The highest BCUT2D eigenvalue weighted by Crippen LogP contribution is 2.48. The van der Waals surface area contributed by atoms with Crippen LogP contribution in [0.4, 0.5) is 10.2 Å². The number of benzene rings is 3. The van der Waals surface area contributed by atoms with Crippen LogP contribution in [0.5, 0.6) is 0 Å². The number of piperazine rings is 1. The molecule has 3 aliphatic rings. The second-order valence-corrected chi connectivity index (χ2v) is 12.0. The Morgan fingerprint density at radius 1 is 1.10 bits per heavy atom. The molecule has 4 heterocycles. The Morgan fingerprint density at radius 2 is 1.85 bits per heavy atom. The summed E-state index contributed by atoms with van der Waals surface area (Å²) in [6.07, 6.45) is 1.34. The number of fused-ring (bicyclic) bond motifs is 1. The zero-order valence-electron chi connectivity index (χ0n) is 22.3. The summed E-state index contributed by atoms with van der Waals surface area (Å²) < 4.78 is 22.3. The van der Waals surface area contributed by atoms with Crippen molar-refractivity contribution in [3.63, 3.8) is 0 Å². The Morgan fingerprint density at radius 3 is 2.55 bits per heavy atom. The van der Waals surface area contributed by atoms with E-state index in [-0.39, 0.29) is 22.8 Å². The Bertz CT molecular complexity index is 1770. The van der Waals surface area contributed by atoms with Crippen molar-refractivity contribution in [3.05, 3.63) is 77.0 Å². The van der Waals surface area contributed by atoms with Crippen LogP contribution in [0.25, 0.3) is 32.8 Å². The van der Waals surface area contributed by atoms with Crippen LogP contribution < -0.4 is 10.6 Å². The van der Waals surface area contributed by atoms with E-state index >= 15 is 0 Å². The first-order valence-electron chi connectivity index (χ1n) is 13.5. The molecular weight excluding hydrogens is 527 g/mol. The minimum atomic E-state index is -0.277. The SMILES string of the molecule is C=CC(=O)N1CCN(c2nc(=O)n3c4c(c(-c5ccc(F)c6ccccc56)c(C)cc24)SCC2(COC2)C3)CC1. The number of aryl methyl sites for hydroxylation is 1. The van der Waals surface area contributed by atoms with Gasteiger partial charge in [0.1, 0.15) is 11.6 Å². The van der Waals surface area contributed by atoms with Gasteiger partial charge < -0.3 is 14.5 Å². The molecule has 9 heteroatoms. The van der Waals surface area contributed by atoms with E-state index in [9.17, 15) is 14.0 Å². The van der Waals surface area contributed by atoms with Crippen molar-refractivity contribution < 1.29 is 13.9 Å². The van der Waals surface area contributed by atoms with Gasteiger partial charge in [-0.1, -0.05) is 36.9 Å². The number of anilines is 1. The lowest BCUT2D eigenvalue weighted by Crippen LogP contribution is -2.50. The molecule has 2 saturated heterocycles. The maximum atomic E-state index is 14.8. The minimum absolute atomic E-state index is 0.0857. The number of hydrogen-bond donors (Lipinski definition) is 0. The Kier molecular flexibility index (Phi) is 5.98. The van der Waals surface area contributed by atoms with Crippen LogP contribution in [-0.4, -0.2) is 65.5 Å². The van der Waals surface area contributed by atoms with Gasteiger partial charge in [0.05, 0.1) is 18.7 Å². The first-order chi connectivity index (χ1) is 19.4. The predicted molar refractivity (Wildman–Crippen MR) is 157 cm³/mol. The van der Waals surface area contributed by atoms with Gasteiger partial charge in [0.2, 0.25) is 5.91 Å². The lowest BCUT2D eigenvalue weighted by atomic mass is 9.88. The number of amides is 1.